The Morgan fingerprint density at radius 1 is 1.35 bits per heavy atom. The van der Waals surface area contributed by atoms with Crippen LogP contribution in [0.25, 0.3) is 0 Å². The van der Waals surface area contributed by atoms with E-state index in [1.54, 1.807) is 12.1 Å². The van der Waals surface area contributed by atoms with Crippen LogP contribution in [0.4, 0.5) is 10.1 Å². The van der Waals surface area contributed by atoms with E-state index in [1.165, 1.54) is 6.07 Å². The smallest absolute Gasteiger partial charge is 0.152 e. The zero-order valence-corrected chi connectivity index (χ0v) is 10.9. The Hall–Kier alpha value is -2.42. The van der Waals surface area contributed by atoms with Crippen molar-refractivity contribution in [2.75, 3.05) is 5.32 Å². The third-order valence-corrected chi connectivity index (χ3v) is 3.47. The highest BCUT2D eigenvalue weighted by molar-refractivity contribution is 5.48. The van der Waals surface area contributed by atoms with Crippen LogP contribution in [0.3, 0.4) is 0 Å². The second-order valence-corrected chi connectivity index (χ2v) is 4.80. The molecule has 0 saturated heterocycles. The van der Waals surface area contributed by atoms with Crippen molar-refractivity contribution in [3.63, 3.8) is 0 Å². The van der Waals surface area contributed by atoms with Crippen molar-refractivity contribution in [1.82, 2.24) is 14.8 Å². The molecule has 0 unspecified atom stereocenters. The summed E-state index contributed by atoms with van der Waals surface area (Å²) in [5.74, 6) is 1.40. The predicted octanol–water partition coefficient (Wildman–Crippen LogP) is 2.24. The van der Waals surface area contributed by atoms with E-state index >= 15 is 0 Å². The lowest BCUT2D eigenvalue weighted by Gasteiger charge is -2.15. The highest BCUT2D eigenvalue weighted by Crippen LogP contribution is 2.18. The van der Waals surface area contributed by atoms with Crippen LogP contribution in [0, 0.1) is 17.1 Å². The molecule has 1 N–H and O–H groups in total. The molecule has 2 aromatic rings. The maximum atomic E-state index is 13.7. The number of aromatic nitrogens is 3. The largest absolute Gasteiger partial charge is 0.375 e. The minimum atomic E-state index is -0.428. The van der Waals surface area contributed by atoms with Crippen LogP contribution < -0.4 is 5.32 Å². The molecule has 5 nitrogen and oxygen atoms in total. The van der Waals surface area contributed by atoms with Gasteiger partial charge >= 0.3 is 0 Å². The molecule has 1 aromatic heterocycles. The van der Waals surface area contributed by atoms with Crippen molar-refractivity contribution < 1.29 is 4.39 Å². The molecule has 1 aliphatic rings. The fourth-order valence-electron chi connectivity index (χ4n) is 2.40. The first-order valence-electron chi connectivity index (χ1n) is 6.62. The third kappa shape index (κ3) is 2.35. The van der Waals surface area contributed by atoms with Gasteiger partial charge in [-0.2, -0.15) is 5.26 Å². The van der Waals surface area contributed by atoms with Crippen molar-refractivity contribution >= 4 is 5.69 Å². The summed E-state index contributed by atoms with van der Waals surface area (Å²) in [7, 11) is 0. The zero-order valence-electron chi connectivity index (χ0n) is 10.9. The van der Waals surface area contributed by atoms with Crippen LogP contribution >= 0.6 is 0 Å². The summed E-state index contributed by atoms with van der Waals surface area (Å²) in [6, 6.07) is 6.29. The van der Waals surface area contributed by atoms with Crippen molar-refractivity contribution in [3.8, 4) is 6.07 Å². The van der Waals surface area contributed by atoms with Crippen LogP contribution in [0.15, 0.2) is 18.2 Å². The summed E-state index contributed by atoms with van der Waals surface area (Å²) in [4.78, 5) is 0. The molecule has 20 heavy (non-hydrogen) atoms. The molecule has 0 radical (unpaired) electrons. The molecule has 0 spiro atoms. The molecule has 0 bridgehead atoms. The van der Waals surface area contributed by atoms with E-state index in [0.717, 1.165) is 37.5 Å². The molecular formula is C14H14FN5. The number of anilines is 1. The summed E-state index contributed by atoms with van der Waals surface area (Å²) in [5.41, 5.74) is 0.685. The molecule has 0 fully saturated rings. The van der Waals surface area contributed by atoms with Gasteiger partial charge in [0.15, 0.2) is 5.82 Å². The Balaban J connectivity index is 1.74. The zero-order chi connectivity index (χ0) is 13.9. The van der Waals surface area contributed by atoms with E-state index in [1.807, 2.05) is 6.07 Å². The van der Waals surface area contributed by atoms with Crippen LogP contribution in [0.5, 0.6) is 0 Å². The van der Waals surface area contributed by atoms with Gasteiger partial charge in [0, 0.05) is 13.0 Å². The Morgan fingerprint density at radius 2 is 2.25 bits per heavy atom. The number of hydrogen-bond acceptors (Lipinski definition) is 4. The first kappa shape index (κ1) is 12.6. The topological polar surface area (TPSA) is 66.5 Å². The van der Waals surface area contributed by atoms with E-state index < -0.39 is 5.82 Å². The highest BCUT2D eigenvalue weighted by Gasteiger charge is 2.15. The Morgan fingerprint density at radius 3 is 3.05 bits per heavy atom. The molecule has 102 valence electrons. The number of hydrogen-bond donors (Lipinski definition) is 1. The van der Waals surface area contributed by atoms with Crippen molar-refractivity contribution in [1.29, 1.82) is 5.26 Å². The first-order valence-corrected chi connectivity index (χ1v) is 6.62. The van der Waals surface area contributed by atoms with E-state index in [-0.39, 0.29) is 0 Å². The normalized spacial score (nSPS) is 13.6. The monoisotopic (exact) mass is 271 g/mol. The maximum Gasteiger partial charge on any atom is 0.152 e. The standard InChI is InChI=1S/C14H14FN5/c15-11-7-10(8-16)4-5-12(11)17-9-14-19-18-13-3-1-2-6-20(13)14/h4-5,7,17H,1-3,6,9H2. The molecule has 6 heteroatoms. The van der Waals surface area contributed by atoms with E-state index in [4.69, 9.17) is 5.26 Å². The minimum Gasteiger partial charge on any atom is -0.375 e. The van der Waals surface area contributed by atoms with Crippen LogP contribution in [-0.4, -0.2) is 14.8 Å². The average Bonchev–Trinajstić information content (AvgIpc) is 2.89. The van der Waals surface area contributed by atoms with Crippen LogP contribution in [-0.2, 0) is 19.5 Å². The van der Waals surface area contributed by atoms with Gasteiger partial charge in [-0.25, -0.2) is 4.39 Å². The minimum absolute atomic E-state index is 0.313. The van der Waals surface area contributed by atoms with Gasteiger partial charge in [-0.15, -0.1) is 10.2 Å². The Labute approximate surface area is 116 Å². The van der Waals surface area contributed by atoms with Gasteiger partial charge in [0.1, 0.15) is 11.6 Å². The van der Waals surface area contributed by atoms with Gasteiger partial charge in [-0.3, -0.25) is 0 Å². The number of nitriles is 1. The number of rotatable bonds is 3. The van der Waals surface area contributed by atoms with E-state index in [9.17, 15) is 4.39 Å². The van der Waals surface area contributed by atoms with Crippen molar-refractivity contribution in [3.05, 3.63) is 41.2 Å². The molecule has 2 heterocycles. The second kappa shape index (κ2) is 5.29. The number of halogens is 1. The fraction of sp³-hybridized carbons (Fsp3) is 0.357. The highest BCUT2D eigenvalue weighted by atomic mass is 19.1. The average molecular weight is 271 g/mol. The van der Waals surface area contributed by atoms with E-state index in [2.05, 4.69) is 20.1 Å². The number of nitrogens with zero attached hydrogens (tertiary/aromatic N) is 4. The summed E-state index contributed by atoms with van der Waals surface area (Å²) in [6.07, 6.45) is 3.23. The van der Waals surface area contributed by atoms with Gasteiger partial charge in [0.25, 0.3) is 0 Å². The summed E-state index contributed by atoms with van der Waals surface area (Å²) < 4.78 is 15.8. The molecule has 0 atom stereocenters. The SMILES string of the molecule is N#Cc1ccc(NCc2nnc3n2CCCC3)c(F)c1. The Bertz CT molecular complexity index is 671. The number of aryl methyl sites for hydroxylation is 1. The van der Waals surface area contributed by atoms with Gasteiger partial charge in [-0.1, -0.05) is 0 Å². The van der Waals surface area contributed by atoms with Gasteiger partial charge in [-0.05, 0) is 31.0 Å². The van der Waals surface area contributed by atoms with Crippen molar-refractivity contribution in [2.24, 2.45) is 0 Å². The van der Waals surface area contributed by atoms with Crippen LogP contribution in [0.2, 0.25) is 0 Å². The van der Waals surface area contributed by atoms with Gasteiger partial charge < -0.3 is 9.88 Å². The summed E-state index contributed by atoms with van der Waals surface area (Å²) in [6.45, 7) is 1.35. The number of benzene rings is 1. The summed E-state index contributed by atoms with van der Waals surface area (Å²) >= 11 is 0. The number of nitrogens with one attached hydrogen (secondary N) is 1. The molecule has 1 aliphatic heterocycles. The lowest BCUT2D eigenvalue weighted by Crippen LogP contribution is -2.15. The Kier molecular flexibility index (Phi) is 3.33. The van der Waals surface area contributed by atoms with Crippen LogP contribution in [0.1, 0.15) is 30.1 Å². The lowest BCUT2D eigenvalue weighted by molar-refractivity contribution is 0.509. The fourth-order valence-corrected chi connectivity index (χ4v) is 2.40. The quantitative estimate of drug-likeness (QED) is 0.929. The molecule has 1 aromatic carbocycles. The summed E-state index contributed by atoms with van der Waals surface area (Å²) in [5, 5.41) is 20.0. The number of fused-ring (bicyclic) bond motifs is 1. The molecular weight excluding hydrogens is 257 g/mol. The molecule has 0 aliphatic carbocycles. The second-order valence-electron chi connectivity index (χ2n) is 4.80. The van der Waals surface area contributed by atoms with E-state index in [0.29, 0.717) is 17.8 Å². The first-order chi connectivity index (χ1) is 9.78. The molecule has 0 saturated carbocycles. The maximum absolute atomic E-state index is 13.7. The molecule has 3 rings (SSSR count). The lowest BCUT2D eigenvalue weighted by atomic mass is 10.1. The third-order valence-electron chi connectivity index (χ3n) is 3.47. The van der Waals surface area contributed by atoms with Crippen molar-refractivity contribution in [2.45, 2.75) is 32.4 Å². The van der Waals surface area contributed by atoms with Gasteiger partial charge in [0.05, 0.1) is 23.9 Å². The molecule has 0 amide bonds. The predicted molar refractivity (Wildman–Crippen MR) is 71.4 cm³/mol. The van der Waals surface area contributed by atoms with Gasteiger partial charge in [0.2, 0.25) is 0 Å².